The second kappa shape index (κ2) is 11.9. The smallest absolute Gasteiger partial charge is 0.417 e. The molecule has 0 unspecified atom stereocenters. The van der Waals surface area contributed by atoms with Gasteiger partial charge in [-0.1, -0.05) is 29.8 Å². The zero-order chi connectivity index (χ0) is 29.9. The van der Waals surface area contributed by atoms with Crippen LogP contribution in [0.15, 0.2) is 54.6 Å². The van der Waals surface area contributed by atoms with Gasteiger partial charge in [0.2, 0.25) is 0 Å². The van der Waals surface area contributed by atoms with Crippen molar-refractivity contribution >= 4 is 29.5 Å². The van der Waals surface area contributed by atoms with Crippen LogP contribution < -0.4 is 4.90 Å². The van der Waals surface area contributed by atoms with Crippen LogP contribution in [-0.2, 0) is 27.0 Å². The van der Waals surface area contributed by atoms with Gasteiger partial charge in [-0.15, -0.1) is 0 Å². The number of alkyl halides is 3. The number of carbonyl (C=O) groups is 1. The molecule has 2 aliphatic rings. The van der Waals surface area contributed by atoms with Gasteiger partial charge < -0.3 is 4.74 Å². The number of halogens is 7. The van der Waals surface area contributed by atoms with E-state index >= 15 is 0 Å². The summed E-state index contributed by atoms with van der Waals surface area (Å²) in [4.78, 5) is 32.2. The number of nitrogens with zero attached hydrogens (tertiary/aromatic N) is 2. The van der Waals surface area contributed by atoms with E-state index in [0.29, 0.717) is 44.2 Å². The van der Waals surface area contributed by atoms with Crippen molar-refractivity contribution in [2.45, 2.75) is 31.2 Å². The first-order chi connectivity index (χ1) is 19.4. The van der Waals surface area contributed by atoms with Gasteiger partial charge in [-0.25, -0.2) is 18.0 Å². The number of rotatable bonds is 4. The Morgan fingerprint density at radius 3 is 2.17 bits per heavy atom. The van der Waals surface area contributed by atoms with Crippen molar-refractivity contribution in [2.24, 2.45) is 0 Å². The van der Waals surface area contributed by atoms with Crippen LogP contribution in [0.4, 0.5) is 36.8 Å². The second-order valence-corrected chi connectivity index (χ2v) is 9.95. The van der Waals surface area contributed by atoms with Gasteiger partial charge in [-0.2, -0.15) is 22.8 Å². The van der Waals surface area contributed by atoms with E-state index in [0.717, 1.165) is 18.2 Å². The third kappa shape index (κ3) is 6.40. The molecule has 5 rings (SSSR count). The predicted octanol–water partition coefficient (Wildman–Crippen LogP) is 6.85. The summed E-state index contributed by atoms with van der Waals surface area (Å²) in [6.07, 6.45) is -4.14. The van der Waals surface area contributed by atoms with Gasteiger partial charge in [0.25, 0.3) is 0 Å². The molecule has 0 saturated carbocycles. The number of hydrogen-bond donors (Lipinski definition) is 0. The van der Waals surface area contributed by atoms with E-state index in [1.165, 1.54) is 0 Å². The molecule has 0 N–H and O–H groups in total. The van der Waals surface area contributed by atoms with E-state index in [2.05, 4.69) is 0 Å². The van der Waals surface area contributed by atoms with Crippen molar-refractivity contribution in [3.8, 4) is 11.1 Å². The Balaban J connectivity index is 0.00000124. The van der Waals surface area contributed by atoms with Gasteiger partial charge in [0.1, 0.15) is 5.60 Å². The molecular formula is C28H21ClF6N2O4. The molecule has 2 aliphatic heterocycles. The Morgan fingerprint density at radius 1 is 0.927 bits per heavy atom. The number of para-hydroxylation sites is 1. The molecule has 0 atom stereocenters. The van der Waals surface area contributed by atoms with E-state index in [-0.39, 0.29) is 23.8 Å². The first-order valence-corrected chi connectivity index (χ1v) is 12.6. The van der Waals surface area contributed by atoms with Crippen LogP contribution in [0, 0.1) is 17.5 Å². The number of likely N-dealkylation sites (tertiary alicyclic amines) is 1. The molecule has 0 aromatic heterocycles. The van der Waals surface area contributed by atoms with Gasteiger partial charge in [-0.3, -0.25) is 9.80 Å². The monoisotopic (exact) mass is 598 g/mol. The molecule has 41 heavy (non-hydrogen) atoms. The lowest BCUT2D eigenvalue weighted by atomic mass is 9.90. The molecule has 13 heteroatoms. The third-order valence-electron chi connectivity index (χ3n) is 7.02. The second-order valence-electron chi connectivity index (χ2n) is 9.54. The highest BCUT2D eigenvalue weighted by molar-refractivity contribution is 6.31. The van der Waals surface area contributed by atoms with E-state index in [4.69, 9.17) is 25.9 Å². The summed E-state index contributed by atoms with van der Waals surface area (Å²) < 4.78 is 88.7. The number of hydrogen-bond acceptors (Lipinski definition) is 5. The Kier molecular flexibility index (Phi) is 8.77. The summed E-state index contributed by atoms with van der Waals surface area (Å²) in [7, 11) is 0. The summed E-state index contributed by atoms with van der Waals surface area (Å²) in [5.41, 5.74) is -1.56. The van der Waals surface area contributed by atoms with Crippen LogP contribution in [0.3, 0.4) is 0 Å². The lowest BCUT2D eigenvalue weighted by molar-refractivity contribution is -0.191. The standard InChI is InChI=1S/C27H21ClF6N2O2.CO2/c28-21-13-19(18-6-7-22(29)24(31)23(18)30)16(12-20(21)27(32,33)34)14-35-10-8-26(9-11-35)15-36(25(37)38-26)17-4-2-1-3-5-17;2-1-3/h1-7,12-13H,8-11,14-15H2;. The molecule has 3 aromatic carbocycles. The van der Waals surface area contributed by atoms with Crippen molar-refractivity contribution < 1.29 is 45.5 Å². The summed E-state index contributed by atoms with van der Waals surface area (Å²) in [5.74, 6) is -4.66. The molecule has 3 aromatic rings. The number of piperidine rings is 1. The largest absolute Gasteiger partial charge is 0.441 e. The minimum atomic E-state index is -4.78. The highest BCUT2D eigenvalue weighted by Crippen LogP contribution is 2.41. The average Bonchev–Trinajstić information content (AvgIpc) is 3.25. The number of carbonyl (C=O) groups excluding carboxylic acids is 3. The number of amides is 1. The lowest BCUT2D eigenvalue weighted by Crippen LogP contribution is -2.46. The number of anilines is 1. The van der Waals surface area contributed by atoms with Gasteiger partial charge in [0.05, 0.1) is 17.1 Å². The molecule has 6 nitrogen and oxygen atoms in total. The summed E-state index contributed by atoms with van der Waals surface area (Å²) in [5, 5.41) is -0.683. The highest BCUT2D eigenvalue weighted by atomic mass is 35.5. The van der Waals surface area contributed by atoms with Crippen molar-refractivity contribution in [1.29, 1.82) is 0 Å². The molecule has 0 radical (unpaired) electrons. The van der Waals surface area contributed by atoms with Gasteiger partial charge in [0.15, 0.2) is 17.5 Å². The summed E-state index contributed by atoms with van der Waals surface area (Å²) >= 11 is 5.88. The maximum atomic E-state index is 14.6. The van der Waals surface area contributed by atoms with E-state index in [9.17, 15) is 31.1 Å². The minimum absolute atomic E-state index is 0.0412. The average molecular weight is 599 g/mol. The molecule has 0 bridgehead atoms. The van der Waals surface area contributed by atoms with Crippen molar-refractivity contribution in [3.63, 3.8) is 0 Å². The number of benzene rings is 3. The highest BCUT2D eigenvalue weighted by Gasteiger charge is 2.47. The minimum Gasteiger partial charge on any atom is -0.441 e. The van der Waals surface area contributed by atoms with Crippen LogP contribution in [0.25, 0.3) is 11.1 Å². The molecule has 0 aliphatic carbocycles. The first-order valence-electron chi connectivity index (χ1n) is 12.2. The van der Waals surface area contributed by atoms with Crippen LogP contribution in [0.1, 0.15) is 24.0 Å². The maximum absolute atomic E-state index is 14.6. The molecule has 1 spiro atoms. The first kappa shape index (κ1) is 30.1. The quantitative estimate of drug-likeness (QED) is 0.243. The Hall–Kier alpha value is -3.86. The lowest BCUT2D eigenvalue weighted by Gasteiger charge is -2.37. The summed E-state index contributed by atoms with van der Waals surface area (Å²) in [6.45, 7) is 1.05. The van der Waals surface area contributed by atoms with Gasteiger partial charge in [0, 0.05) is 43.7 Å². The third-order valence-corrected chi connectivity index (χ3v) is 7.34. The van der Waals surface area contributed by atoms with Crippen LogP contribution in [0.2, 0.25) is 5.02 Å². The molecule has 1 amide bonds. The maximum Gasteiger partial charge on any atom is 0.417 e. The SMILES string of the molecule is O=C1OC2(CCN(Cc3cc(C(F)(F)F)c(Cl)cc3-c3ccc(F)c(F)c3F)CC2)CN1c1ccccc1.O=C=O. The Morgan fingerprint density at radius 2 is 1.56 bits per heavy atom. The molecular weight excluding hydrogens is 578 g/mol. The summed E-state index contributed by atoms with van der Waals surface area (Å²) in [6, 6.07) is 12.5. The predicted molar refractivity (Wildman–Crippen MR) is 134 cm³/mol. The van der Waals surface area contributed by atoms with Crippen LogP contribution >= 0.6 is 11.6 Å². The van der Waals surface area contributed by atoms with Gasteiger partial charge in [-0.05, 0) is 47.5 Å². The Bertz CT molecular complexity index is 1470. The van der Waals surface area contributed by atoms with Crippen molar-refractivity contribution in [2.75, 3.05) is 24.5 Å². The van der Waals surface area contributed by atoms with E-state index in [1.54, 1.807) is 17.0 Å². The fourth-order valence-electron chi connectivity index (χ4n) is 5.00. The topological polar surface area (TPSA) is 66.9 Å². The molecule has 2 heterocycles. The molecule has 216 valence electrons. The zero-order valence-corrected chi connectivity index (χ0v) is 21.9. The van der Waals surface area contributed by atoms with Crippen LogP contribution in [0.5, 0.6) is 0 Å². The van der Waals surface area contributed by atoms with E-state index in [1.807, 2.05) is 23.1 Å². The van der Waals surface area contributed by atoms with Crippen LogP contribution in [-0.4, -0.2) is 42.4 Å². The fraction of sp³-hybridized carbons (Fsp3) is 0.286. The van der Waals surface area contributed by atoms with Crippen molar-refractivity contribution in [1.82, 2.24) is 4.90 Å². The fourth-order valence-corrected chi connectivity index (χ4v) is 5.27. The normalized spacial score (nSPS) is 16.7. The molecule has 2 fully saturated rings. The van der Waals surface area contributed by atoms with E-state index < -0.39 is 51.5 Å². The van der Waals surface area contributed by atoms with Crippen molar-refractivity contribution in [3.05, 3.63) is 88.2 Å². The Labute approximate surface area is 235 Å². The van der Waals surface area contributed by atoms with Gasteiger partial charge >= 0.3 is 18.4 Å². The molecule has 2 saturated heterocycles. The number of ether oxygens (including phenoxy) is 1. The zero-order valence-electron chi connectivity index (χ0n) is 21.1.